The summed E-state index contributed by atoms with van der Waals surface area (Å²) in [6.45, 7) is 16.0. The van der Waals surface area contributed by atoms with Gasteiger partial charge in [-0.05, 0) is 47.2 Å². The maximum absolute atomic E-state index is 5.41. The molecular weight excluding hydrogens is 468 g/mol. The third kappa shape index (κ3) is 7.00. The molecule has 1 aliphatic heterocycles. The second kappa shape index (κ2) is 12.9. The first-order chi connectivity index (χ1) is 18.4. The first-order valence-corrected chi connectivity index (χ1v) is 13.3. The van der Waals surface area contributed by atoms with Gasteiger partial charge >= 0.3 is 0 Å². The van der Waals surface area contributed by atoms with Gasteiger partial charge in [-0.3, -0.25) is 0 Å². The van der Waals surface area contributed by atoms with E-state index in [9.17, 15) is 0 Å². The maximum atomic E-state index is 5.41. The Bertz CT molecular complexity index is 1290. The van der Waals surface area contributed by atoms with Gasteiger partial charge in [0.1, 0.15) is 0 Å². The van der Waals surface area contributed by atoms with Crippen molar-refractivity contribution in [3.8, 4) is 0 Å². The Hall–Kier alpha value is -4.12. The third-order valence-corrected chi connectivity index (χ3v) is 6.65. The highest BCUT2D eigenvalue weighted by atomic mass is 16.5. The van der Waals surface area contributed by atoms with Gasteiger partial charge in [0.05, 0.1) is 29.8 Å². The fourth-order valence-corrected chi connectivity index (χ4v) is 4.50. The molecule has 0 amide bonds. The third-order valence-electron chi connectivity index (χ3n) is 6.65. The Balaban J connectivity index is 1.34. The summed E-state index contributed by atoms with van der Waals surface area (Å²) < 4.78 is 5.41. The number of hydrogen-bond donors (Lipinski definition) is 2. The Morgan fingerprint density at radius 1 is 0.868 bits per heavy atom. The van der Waals surface area contributed by atoms with Crippen molar-refractivity contribution >= 4 is 22.8 Å². The first-order valence-electron chi connectivity index (χ1n) is 13.3. The van der Waals surface area contributed by atoms with Gasteiger partial charge in [0.15, 0.2) is 0 Å². The lowest BCUT2D eigenvalue weighted by atomic mass is 9.94. The Kier molecular flexibility index (Phi) is 9.15. The second-order valence-corrected chi connectivity index (χ2v) is 9.83. The van der Waals surface area contributed by atoms with Crippen LogP contribution >= 0.6 is 0 Å². The van der Waals surface area contributed by atoms with E-state index in [1.807, 2.05) is 25.1 Å². The standard InChI is InChI=1S/C33H38N4O/c1-6-38-24(4)20-21-34-25(5)26-12-14-29(15-13-26)33(23(2)3)35-30-18-16-28(17-19-30)32-22-31(36-37-32)27-10-8-7-9-11-27/h7-19,23,33-35H,4-6,20-22H2,1-3H3. The van der Waals surface area contributed by atoms with E-state index in [0.29, 0.717) is 12.5 Å². The average Bonchev–Trinajstić information content (AvgIpc) is 3.43. The molecule has 0 saturated carbocycles. The number of nitrogens with one attached hydrogen (secondary N) is 2. The van der Waals surface area contributed by atoms with Crippen LogP contribution in [0, 0.1) is 5.92 Å². The normalized spacial score (nSPS) is 13.5. The fraction of sp³-hybridized carbons (Fsp3) is 0.273. The molecule has 5 nitrogen and oxygen atoms in total. The van der Waals surface area contributed by atoms with Gasteiger partial charge in [-0.25, -0.2) is 0 Å². The van der Waals surface area contributed by atoms with Crippen LogP contribution < -0.4 is 10.6 Å². The molecule has 0 bridgehead atoms. The average molecular weight is 507 g/mol. The van der Waals surface area contributed by atoms with Crippen molar-refractivity contribution in [1.29, 1.82) is 0 Å². The van der Waals surface area contributed by atoms with Crippen LogP contribution in [-0.2, 0) is 4.74 Å². The number of hydrogen-bond acceptors (Lipinski definition) is 5. The van der Waals surface area contributed by atoms with Crippen LogP contribution in [0.1, 0.15) is 61.9 Å². The molecule has 1 aliphatic rings. The molecule has 0 aromatic heterocycles. The van der Waals surface area contributed by atoms with Crippen LogP contribution in [0.5, 0.6) is 0 Å². The number of rotatable bonds is 13. The zero-order chi connectivity index (χ0) is 26.9. The SMILES string of the molecule is C=C(CCNC(=C)c1ccc(C(Nc2ccc(C3=NN=C(c4ccccc4)C3)cc2)C(C)C)cc1)OCC. The van der Waals surface area contributed by atoms with E-state index in [0.717, 1.165) is 64.6 Å². The minimum Gasteiger partial charge on any atom is -0.499 e. The van der Waals surface area contributed by atoms with E-state index >= 15 is 0 Å². The lowest BCUT2D eigenvalue weighted by Gasteiger charge is -2.25. The van der Waals surface area contributed by atoms with Gasteiger partial charge in [0.2, 0.25) is 0 Å². The second-order valence-electron chi connectivity index (χ2n) is 9.83. The van der Waals surface area contributed by atoms with E-state index in [4.69, 9.17) is 4.74 Å². The maximum Gasteiger partial charge on any atom is 0.0905 e. The van der Waals surface area contributed by atoms with E-state index < -0.39 is 0 Å². The molecule has 1 atom stereocenters. The van der Waals surface area contributed by atoms with Gasteiger partial charge < -0.3 is 15.4 Å². The molecule has 4 rings (SSSR count). The lowest BCUT2D eigenvalue weighted by Crippen LogP contribution is -2.17. The van der Waals surface area contributed by atoms with Crippen molar-refractivity contribution in [3.63, 3.8) is 0 Å². The first kappa shape index (κ1) is 26.9. The van der Waals surface area contributed by atoms with Crippen LogP contribution in [0.2, 0.25) is 0 Å². The monoisotopic (exact) mass is 506 g/mol. The number of benzene rings is 3. The smallest absolute Gasteiger partial charge is 0.0905 e. The number of nitrogens with zero attached hydrogens (tertiary/aromatic N) is 2. The van der Waals surface area contributed by atoms with Crippen LogP contribution in [0.3, 0.4) is 0 Å². The topological polar surface area (TPSA) is 58.0 Å². The van der Waals surface area contributed by atoms with Gasteiger partial charge in [-0.15, -0.1) is 0 Å². The molecule has 2 N–H and O–H groups in total. The number of ether oxygens (including phenoxy) is 1. The van der Waals surface area contributed by atoms with Crippen LogP contribution in [0.4, 0.5) is 5.69 Å². The summed E-state index contributed by atoms with van der Waals surface area (Å²) >= 11 is 0. The molecule has 3 aromatic carbocycles. The summed E-state index contributed by atoms with van der Waals surface area (Å²) in [4.78, 5) is 0. The molecule has 0 fully saturated rings. The van der Waals surface area contributed by atoms with Crippen molar-refractivity contribution in [3.05, 3.63) is 120 Å². The Morgan fingerprint density at radius 2 is 1.50 bits per heavy atom. The predicted octanol–water partition coefficient (Wildman–Crippen LogP) is 7.59. The zero-order valence-corrected chi connectivity index (χ0v) is 22.7. The highest BCUT2D eigenvalue weighted by Crippen LogP contribution is 2.28. The molecule has 1 heterocycles. The predicted molar refractivity (Wildman–Crippen MR) is 161 cm³/mol. The summed E-state index contributed by atoms with van der Waals surface area (Å²) in [5.74, 6) is 1.20. The number of anilines is 1. The fourth-order valence-electron chi connectivity index (χ4n) is 4.50. The highest BCUT2D eigenvalue weighted by Gasteiger charge is 2.18. The van der Waals surface area contributed by atoms with Crippen molar-refractivity contribution in [2.24, 2.45) is 16.1 Å². The summed E-state index contributed by atoms with van der Waals surface area (Å²) in [5.41, 5.74) is 8.55. The van der Waals surface area contributed by atoms with Crippen LogP contribution in [0.25, 0.3) is 5.70 Å². The van der Waals surface area contributed by atoms with Crippen molar-refractivity contribution in [1.82, 2.24) is 5.32 Å². The summed E-state index contributed by atoms with van der Waals surface area (Å²) in [5, 5.41) is 16.0. The van der Waals surface area contributed by atoms with Gasteiger partial charge in [0.25, 0.3) is 0 Å². The molecule has 5 heteroatoms. The van der Waals surface area contributed by atoms with Gasteiger partial charge in [-0.1, -0.05) is 93.7 Å². The molecule has 0 saturated heterocycles. The van der Waals surface area contributed by atoms with E-state index in [1.165, 1.54) is 5.56 Å². The highest BCUT2D eigenvalue weighted by molar-refractivity contribution is 6.20. The minimum absolute atomic E-state index is 0.183. The largest absolute Gasteiger partial charge is 0.499 e. The van der Waals surface area contributed by atoms with E-state index in [2.05, 4.69) is 109 Å². The summed E-state index contributed by atoms with van der Waals surface area (Å²) in [6, 6.07) is 27.6. The molecule has 3 aromatic rings. The summed E-state index contributed by atoms with van der Waals surface area (Å²) in [7, 11) is 0. The lowest BCUT2D eigenvalue weighted by molar-refractivity contribution is 0.220. The Morgan fingerprint density at radius 3 is 2.11 bits per heavy atom. The van der Waals surface area contributed by atoms with Gasteiger partial charge in [-0.2, -0.15) is 10.2 Å². The van der Waals surface area contributed by atoms with Crippen LogP contribution in [0.15, 0.2) is 108 Å². The Labute approximate surface area is 227 Å². The van der Waals surface area contributed by atoms with Crippen molar-refractivity contribution < 1.29 is 4.74 Å². The molecule has 38 heavy (non-hydrogen) atoms. The molecular formula is C33H38N4O. The van der Waals surface area contributed by atoms with E-state index in [-0.39, 0.29) is 6.04 Å². The molecule has 0 aliphatic carbocycles. The molecule has 1 unspecified atom stereocenters. The van der Waals surface area contributed by atoms with Crippen molar-refractivity contribution in [2.75, 3.05) is 18.5 Å². The molecule has 196 valence electrons. The quantitative estimate of drug-likeness (QED) is 0.235. The van der Waals surface area contributed by atoms with E-state index in [1.54, 1.807) is 0 Å². The minimum atomic E-state index is 0.183. The molecule has 0 radical (unpaired) electrons. The van der Waals surface area contributed by atoms with Gasteiger partial charge in [0, 0.05) is 30.8 Å². The van der Waals surface area contributed by atoms with Crippen LogP contribution in [-0.4, -0.2) is 24.6 Å². The zero-order valence-electron chi connectivity index (χ0n) is 22.7. The van der Waals surface area contributed by atoms with Crippen molar-refractivity contribution in [2.45, 2.75) is 39.7 Å². The summed E-state index contributed by atoms with van der Waals surface area (Å²) in [6.07, 6.45) is 1.51. The molecule has 0 spiro atoms.